The van der Waals surface area contributed by atoms with E-state index >= 15 is 0 Å². The largest absolute Gasteiger partial charge is 0.495 e. The third-order valence-electron chi connectivity index (χ3n) is 4.41. The van der Waals surface area contributed by atoms with Gasteiger partial charge in [-0.2, -0.15) is 0 Å². The highest BCUT2D eigenvalue weighted by Crippen LogP contribution is 2.29. The van der Waals surface area contributed by atoms with Crippen molar-refractivity contribution in [3.05, 3.63) is 58.1 Å². The molecule has 0 bridgehead atoms. The van der Waals surface area contributed by atoms with Gasteiger partial charge in [0, 0.05) is 29.3 Å². The summed E-state index contributed by atoms with van der Waals surface area (Å²) in [6, 6.07) is 10.4. The predicted octanol–water partition coefficient (Wildman–Crippen LogP) is 4.23. The fourth-order valence-electron chi connectivity index (χ4n) is 2.71. The Morgan fingerprint density at radius 3 is 2.25 bits per heavy atom. The van der Waals surface area contributed by atoms with E-state index < -0.39 is 10.8 Å². The van der Waals surface area contributed by atoms with Gasteiger partial charge in [-0.3, -0.25) is 19.7 Å². The highest BCUT2D eigenvalue weighted by atomic mass is 16.6. The van der Waals surface area contributed by atoms with Crippen LogP contribution in [0.15, 0.2) is 42.5 Å². The zero-order chi connectivity index (χ0) is 20.7. The molecule has 2 rings (SSSR count). The SMILES string of the molecule is CCC(CC)C(=O)Nc1ccc(C(=O)Nc2cc([N+](=O)[O-])ccc2OC)cc1. The molecule has 8 nitrogen and oxygen atoms in total. The molecule has 0 aliphatic carbocycles. The number of benzene rings is 2. The Morgan fingerprint density at radius 1 is 1.07 bits per heavy atom. The maximum atomic E-state index is 12.5. The zero-order valence-electron chi connectivity index (χ0n) is 16.0. The minimum Gasteiger partial charge on any atom is -0.495 e. The van der Waals surface area contributed by atoms with Crippen molar-refractivity contribution in [2.45, 2.75) is 26.7 Å². The summed E-state index contributed by atoms with van der Waals surface area (Å²) < 4.78 is 5.14. The standard InChI is InChI=1S/C20H23N3O5/c1-4-13(5-2)19(24)21-15-8-6-14(7-9-15)20(25)22-17-12-16(23(26)27)10-11-18(17)28-3/h6-13H,4-5H2,1-3H3,(H,21,24)(H,22,25). The van der Waals surface area contributed by atoms with Crippen molar-refractivity contribution < 1.29 is 19.2 Å². The second-order valence-corrected chi connectivity index (χ2v) is 6.18. The van der Waals surface area contributed by atoms with Gasteiger partial charge >= 0.3 is 0 Å². The molecule has 0 aromatic heterocycles. The lowest BCUT2D eigenvalue weighted by molar-refractivity contribution is -0.384. The van der Waals surface area contributed by atoms with E-state index in [1.165, 1.54) is 25.3 Å². The van der Waals surface area contributed by atoms with E-state index in [9.17, 15) is 19.7 Å². The van der Waals surface area contributed by atoms with Crippen LogP contribution in [0.5, 0.6) is 5.75 Å². The van der Waals surface area contributed by atoms with Gasteiger partial charge in [0.05, 0.1) is 17.7 Å². The van der Waals surface area contributed by atoms with Crippen molar-refractivity contribution in [1.29, 1.82) is 0 Å². The number of nitro groups is 1. The number of amides is 2. The summed E-state index contributed by atoms with van der Waals surface area (Å²) in [7, 11) is 1.41. The molecule has 148 valence electrons. The van der Waals surface area contributed by atoms with Gasteiger partial charge in [0.15, 0.2) is 0 Å². The first kappa shape index (κ1) is 20.9. The Balaban J connectivity index is 2.12. The lowest BCUT2D eigenvalue weighted by atomic mass is 10.0. The van der Waals surface area contributed by atoms with Crippen LogP contribution in [0.1, 0.15) is 37.0 Å². The molecule has 0 aliphatic heterocycles. The minimum absolute atomic E-state index is 0.0516. The third-order valence-corrected chi connectivity index (χ3v) is 4.41. The number of hydrogen-bond donors (Lipinski definition) is 2. The lowest BCUT2D eigenvalue weighted by Gasteiger charge is -2.13. The highest BCUT2D eigenvalue weighted by Gasteiger charge is 2.16. The molecule has 0 fully saturated rings. The van der Waals surface area contributed by atoms with Gasteiger partial charge in [0.25, 0.3) is 11.6 Å². The number of ether oxygens (including phenoxy) is 1. The lowest BCUT2D eigenvalue weighted by Crippen LogP contribution is -2.21. The average Bonchev–Trinajstić information content (AvgIpc) is 2.69. The first-order valence-electron chi connectivity index (χ1n) is 8.94. The summed E-state index contributed by atoms with van der Waals surface area (Å²) in [5.41, 5.74) is 0.985. The number of nitrogens with one attached hydrogen (secondary N) is 2. The summed E-state index contributed by atoms with van der Waals surface area (Å²) in [5.74, 6) is -0.238. The van der Waals surface area contributed by atoms with E-state index in [4.69, 9.17) is 4.74 Å². The fraction of sp³-hybridized carbons (Fsp3) is 0.300. The first-order valence-corrected chi connectivity index (χ1v) is 8.94. The molecule has 0 unspecified atom stereocenters. The minimum atomic E-state index is -0.549. The van der Waals surface area contributed by atoms with E-state index in [0.29, 0.717) is 17.0 Å². The van der Waals surface area contributed by atoms with Crippen molar-refractivity contribution in [1.82, 2.24) is 0 Å². The van der Waals surface area contributed by atoms with Gasteiger partial charge in [-0.15, -0.1) is 0 Å². The van der Waals surface area contributed by atoms with E-state index in [0.717, 1.165) is 12.8 Å². The summed E-state index contributed by atoms with van der Waals surface area (Å²) in [5, 5.41) is 16.4. The Bertz CT molecular complexity index is 861. The number of nitrogens with zero attached hydrogens (tertiary/aromatic N) is 1. The Kier molecular flexibility index (Phi) is 7.08. The van der Waals surface area contributed by atoms with E-state index in [1.54, 1.807) is 24.3 Å². The maximum absolute atomic E-state index is 12.5. The monoisotopic (exact) mass is 385 g/mol. The van der Waals surface area contributed by atoms with E-state index in [1.807, 2.05) is 13.8 Å². The summed E-state index contributed by atoms with van der Waals surface area (Å²) in [4.78, 5) is 35.0. The molecule has 2 aromatic carbocycles. The molecule has 0 atom stereocenters. The topological polar surface area (TPSA) is 111 Å². The summed E-state index contributed by atoms with van der Waals surface area (Å²) in [6.45, 7) is 3.92. The van der Waals surface area contributed by atoms with Gasteiger partial charge in [-0.05, 0) is 43.2 Å². The number of carbonyl (C=O) groups excluding carboxylic acids is 2. The van der Waals surface area contributed by atoms with Crippen molar-refractivity contribution in [2.75, 3.05) is 17.7 Å². The molecule has 8 heteroatoms. The predicted molar refractivity (Wildman–Crippen MR) is 107 cm³/mol. The van der Waals surface area contributed by atoms with Gasteiger partial charge in [-0.25, -0.2) is 0 Å². The highest BCUT2D eigenvalue weighted by molar-refractivity contribution is 6.05. The Labute approximate surface area is 163 Å². The molecular formula is C20H23N3O5. The van der Waals surface area contributed by atoms with Crippen LogP contribution in [-0.2, 0) is 4.79 Å². The van der Waals surface area contributed by atoms with Crippen LogP contribution in [0.4, 0.5) is 17.1 Å². The normalized spacial score (nSPS) is 10.4. The van der Waals surface area contributed by atoms with Crippen LogP contribution in [0.3, 0.4) is 0 Å². The van der Waals surface area contributed by atoms with Crippen LogP contribution in [0, 0.1) is 16.0 Å². The molecule has 0 saturated heterocycles. The molecule has 0 saturated carbocycles. The van der Waals surface area contributed by atoms with Crippen LogP contribution in [-0.4, -0.2) is 23.8 Å². The van der Waals surface area contributed by atoms with Crippen molar-refractivity contribution >= 4 is 28.9 Å². The average molecular weight is 385 g/mol. The van der Waals surface area contributed by atoms with E-state index in [2.05, 4.69) is 10.6 Å². The first-order chi connectivity index (χ1) is 13.4. The number of methoxy groups -OCH3 is 1. The summed E-state index contributed by atoms with van der Waals surface area (Å²) in [6.07, 6.45) is 1.52. The van der Waals surface area contributed by atoms with Crippen LogP contribution < -0.4 is 15.4 Å². The van der Waals surface area contributed by atoms with Crippen molar-refractivity contribution in [3.8, 4) is 5.75 Å². The second kappa shape index (κ2) is 9.50. The molecule has 2 aromatic rings. The molecular weight excluding hydrogens is 362 g/mol. The van der Waals surface area contributed by atoms with Gasteiger partial charge < -0.3 is 15.4 Å². The number of anilines is 2. The number of non-ortho nitro benzene ring substituents is 1. The van der Waals surface area contributed by atoms with Crippen LogP contribution in [0.25, 0.3) is 0 Å². The van der Waals surface area contributed by atoms with Gasteiger partial charge in [0.1, 0.15) is 5.75 Å². The Morgan fingerprint density at radius 2 is 1.71 bits per heavy atom. The third kappa shape index (κ3) is 5.06. The van der Waals surface area contributed by atoms with Gasteiger partial charge in [0.2, 0.25) is 5.91 Å². The number of carbonyl (C=O) groups is 2. The number of nitro benzene ring substituents is 1. The molecule has 0 spiro atoms. The van der Waals surface area contributed by atoms with Crippen LogP contribution in [0.2, 0.25) is 0 Å². The van der Waals surface area contributed by atoms with Crippen molar-refractivity contribution in [3.63, 3.8) is 0 Å². The van der Waals surface area contributed by atoms with Crippen LogP contribution >= 0.6 is 0 Å². The quantitative estimate of drug-likeness (QED) is 0.522. The van der Waals surface area contributed by atoms with Gasteiger partial charge in [-0.1, -0.05) is 13.8 Å². The Hall–Kier alpha value is -3.42. The summed E-state index contributed by atoms with van der Waals surface area (Å²) >= 11 is 0. The molecule has 0 radical (unpaired) electrons. The molecule has 0 aliphatic rings. The fourth-order valence-corrected chi connectivity index (χ4v) is 2.71. The molecule has 0 heterocycles. The number of hydrogen-bond acceptors (Lipinski definition) is 5. The van der Waals surface area contributed by atoms with Crippen molar-refractivity contribution in [2.24, 2.45) is 5.92 Å². The maximum Gasteiger partial charge on any atom is 0.271 e. The molecule has 2 amide bonds. The number of rotatable bonds is 8. The molecule has 28 heavy (non-hydrogen) atoms. The smallest absolute Gasteiger partial charge is 0.271 e. The zero-order valence-corrected chi connectivity index (χ0v) is 16.0. The molecule has 2 N–H and O–H groups in total. The van der Waals surface area contributed by atoms with E-state index in [-0.39, 0.29) is 23.2 Å². The second-order valence-electron chi connectivity index (χ2n) is 6.18.